The van der Waals surface area contributed by atoms with Gasteiger partial charge in [-0.15, -0.1) is 0 Å². The van der Waals surface area contributed by atoms with Crippen molar-refractivity contribution in [1.82, 2.24) is 9.97 Å². The summed E-state index contributed by atoms with van der Waals surface area (Å²) in [6.07, 6.45) is 1.42. The Labute approximate surface area is 120 Å². The minimum atomic E-state index is -0.393. The van der Waals surface area contributed by atoms with E-state index in [0.29, 0.717) is 16.5 Å². The molecule has 0 fully saturated rings. The van der Waals surface area contributed by atoms with Gasteiger partial charge in [0.25, 0.3) is 0 Å². The van der Waals surface area contributed by atoms with Gasteiger partial charge in [0.05, 0.1) is 15.9 Å². The van der Waals surface area contributed by atoms with Gasteiger partial charge in [-0.05, 0) is 24.3 Å². The molecule has 0 saturated heterocycles. The average molecular weight is 289 g/mol. The van der Waals surface area contributed by atoms with Crippen LogP contribution in [0.15, 0.2) is 48.8 Å². The summed E-state index contributed by atoms with van der Waals surface area (Å²) in [6.45, 7) is 0.0204. The van der Waals surface area contributed by atoms with E-state index in [1.165, 1.54) is 12.4 Å². The number of aromatic nitrogens is 2. The Bertz CT molecular complexity index is 738. The maximum atomic E-state index is 13.7. The number of ether oxygens (including phenoxy) is 1. The Morgan fingerprint density at radius 3 is 2.75 bits per heavy atom. The highest BCUT2D eigenvalue weighted by molar-refractivity contribution is 6.31. The van der Waals surface area contributed by atoms with Crippen LogP contribution in [-0.2, 0) is 6.61 Å². The zero-order chi connectivity index (χ0) is 13.9. The van der Waals surface area contributed by atoms with E-state index in [2.05, 4.69) is 9.97 Å². The molecule has 3 aromatic rings. The number of hydrogen-bond donors (Lipinski definition) is 0. The van der Waals surface area contributed by atoms with E-state index in [1.54, 1.807) is 12.1 Å². The molecule has 0 spiro atoms. The summed E-state index contributed by atoms with van der Waals surface area (Å²) >= 11 is 5.96. The third-order valence-electron chi connectivity index (χ3n) is 2.92. The Morgan fingerprint density at radius 2 is 1.90 bits per heavy atom. The SMILES string of the molecule is Fc1cccc(Cl)c1COc1ncnc2ccccc12. The van der Waals surface area contributed by atoms with E-state index in [1.807, 2.05) is 24.3 Å². The van der Waals surface area contributed by atoms with Gasteiger partial charge in [-0.2, -0.15) is 0 Å². The fraction of sp³-hybridized carbons (Fsp3) is 0.0667. The molecule has 100 valence electrons. The number of rotatable bonds is 3. The lowest BCUT2D eigenvalue weighted by Crippen LogP contribution is -2.01. The molecule has 3 nitrogen and oxygen atoms in total. The maximum Gasteiger partial charge on any atom is 0.224 e. The first-order chi connectivity index (χ1) is 9.75. The van der Waals surface area contributed by atoms with Crippen molar-refractivity contribution in [2.45, 2.75) is 6.61 Å². The molecular weight excluding hydrogens is 279 g/mol. The van der Waals surface area contributed by atoms with Crippen molar-refractivity contribution in [1.29, 1.82) is 0 Å². The van der Waals surface area contributed by atoms with Gasteiger partial charge in [0.1, 0.15) is 18.8 Å². The van der Waals surface area contributed by atoms with Crippen molar-refractivity contribution < 1.29 is 9.13 Å². The van der Waals surface area contributed by atoms with Crippen molar-refractivity contribution in [3.8, 4) is 5.88 Å². The van der Waals surface area contributed by atoms with E-state index in [0.717, 1.165) is 10.9 Å². The molecule has 0 aliphatic heterocycles. The lowest BCUT2D eigenvalue weighted by atomic mass is 10.2. The van der Waals surface area contributed by atoms with Gasteiger partial charge >= 0.3 is 0 Å². The van der Waals surface area contributed by atoms with Crippen LogP contribution in [0, 0.1) is 5.82 Å². The van der Waals surface area contributed by atoms with Crippen LogP contribution in [0.5, 0.6) is 5.88 Å². The first-order valence-corrected chi connectivity index (χ1v) is 6.39. The van der Waals surface area contributed by atoms with E-state index >= 15 is 0 Å². The molecule has 0 saturated carbocycles. The minimum Gasteiger partial charge on any atom is -0.472 e. The second-order valence-electron chi connectivity index (χ2n) is 4.18. The fourth-order valence-corrected chi connectivity index (χ4v) is 2.12. The molecule has 5 heteroatoms. The first-order valence-electron chi connectivity index (χ1n) is 6.01. The fourth-order valence-electron chi connectivity index (χ4n) is 1.91. The quantitative estimate of drug-likeness (QED) is 0.730. The number of fused-ring (bicyclic) bond motifs is 1. The van der Waals surface area contributed by atoms with Crippen LogP contribution < -0.4 is 4.74 Å². The highest BCUT2D eigenvalue weighted by Gasteiger charge is 2.10. The summed E-state index contributed by atoms with van der Waals surface area (Å²) in [7, 11) is 0. The molecule has 2 aromatic carbocycles. The summed E-state index contributed by atoms with van der Waals surface area (Å²) in [5.74, 6) is 0.0192. The van der Waals surface area contributed by atoms with Crippen molar-refractivity contribution in [2.75, 3.05) is 0 Å². The molecule has 0 aliphatic carbocycles. The van der Waals surface area contributed by atoms with Crippen LogP contribution in [0.1, 0.15) is 5.56 Å². The van der Waals surface area contributed by atoms with Crippen molar-refractivity contribution >= 4 is 22.5 Å². The molecule has 0 atom stereocenters. The van der Waals surface area contributed by atoms with Crippen molar-refractivity contribution in [2.24, 2.45) is 0 Å². The predicted octanol–water partition coefficient (Wildman–Crippen LogP) is 4.00. The second-order valence-corrected chi connectivity index (χ2v) is 4.59. The summed E-state index contributed by atoms with van der Waals surface area (Å²) in [4.78, 5) is 8.22. The number of hydrogen-bond acceptors (Lipinski definition) is 3. The number of nitrogens with zero attached hydrogens (tertiary/aromatic N) is 2. The summed E-state index contributed by atoms with van der Waals surface area (Å²) in [5, 5.41) is 1.12. The van der Waals surface area contributed by atoms with Crippen LogP contribution in [0.25, 0.3) is 10.9 Å². The molecule has 1 aromatic heterocycles. The van der Waals surface area contributed by atoms with Gasteiger partial charge in [0.2, 0.25) is 5.88 Å². The molecule has 0 N–H and O–H groups in total. The highest BCUT2D eigenvalue weighted by atomic mass is 35.5. The highest BCUT2D eigenvalue weighted by Crippen LogP contribution is 2.24. The monoisotopic (exact) mass is 288 g/mol. The van der Waals surface area contributed by atoms with Crippen molar-refractivity contribution in [3.63, 3.8) is 0 Å². The summed E-state index contributed by atoms with van der Waals surface area (Å²) < 4.78 is 19.3. The first kappa shape index (κ1) is 12.8. The van der Waals surface area contributed by atoms with Crippen LogP contribution >= 0.6 is 11.6 Å². The van der Waals surface area contributed by atoms with Gasteiger partial charge in [0, 0.05) is 5.56 Å². The summed E-state index contributed by atoms with van der Waals surface area (Å²) in [6, 6.07) is 12.0. The molecule has 3 rings (SSSR count). The Balaban J connectivity index is 1.91. The predicted molar refractivity (Wildman–Crippen MR) is 75.3 cm³/mol. The Hall–Kier alpha value is -2.20. The van der Waals surface area contributed by atoms with Crippen LogP contribution in [0.2, 0.25) is 5.02 Å². The smallest absolute Gasteiger partial charge is 0.224 e. The maximum absolute atomic E-state index is 13.7. The number of halogens is 2. The molecule has 0 radical (unpaired) electrons. The van der Waals surface area contributed by atoms with E-state index in [-0.39, 0.29) is 6.61 Å². The topological polar surface area (TPSA) is 35.0 Å². The zero-order valence-electron chi connectivity index (χ0n) is 10.4. The Kier molecular flexibility index (Phi) is 3.48. The van der Waals surface area contributed by atoms with Crippen molar-refractivity contribution in [3.05, 3.63) is 65.2 Å². The lowest BCUT2D eigenvalue weighted by Gasteiger charge is -2.09. The normalized spacial score (nSPS) is 10.7. The van der Waals surface area contributed by atoms with Gasteiger partial charge in [0.15, 0.2) is 0 Å². The van der Waals surface area contributed by atoms with Crippen LogP contribution in [0.3, 0.4) is 0 Å². The largest absolute Gasteiger partial charge is 0.472 e. The molecule has 1 heterocycles. The molecular formula is C15H10ClFN2O. The molecule has 0 unspecified atom stereocenters. The van der Waals surface area contributed by atoms with Gasteiger partial charge in [-0.1, -0.05) is 29.8 Å². The average Bonchev–Trinajstić information content (AvgIpc) is 2.47. The zero-order valence-corrected chi connectivity index (χ0v) is 11.1. The van der Waals surface area contributed by atoms with E-state index < -0.39 is 5.82 Å². The molecule has 0 aliphatic rings. The molecule has 0 bridgehead atoms. The number of benzene rings is 2. The van der Waals surface area contributed by atoms with Gasteiger partial charge in [-0.25, -0.2) is 14.4 Å². The van der Waals surface area contributed by atoms with Gasteiger partial charge < -0.3 is 4.74 Å². The van der Waals surface area contributed by atoms with E-state index in [4.69, 9.17) is 16.3 Å². The lowest BCUT2D eigenvalue weighted by molar-refractivity contribution is 0.292. The second kappa shape index (κ2) is 5.43. The molecule has 0 amide bonds. The Morgan fingerprint density at radius 1 is 1.05 bits per heavy atom. The van der Waals surface area contributed by atoms with Gasteiger partial charge in [-0.3, -0.25) is 0 Å². The third kappa shape index (κ3) is 2.42. The third-order valence-corrected chi connectivity index (χ3v) is 3.28. The standard InChI is InChI=1S/C15H10ClFN2O/c16-12-5-3-6-13(17)11(12)8-20-15-10-4-1-2-7-14(10)18-9-19-15/h1-7,9H,8H2. The molecule has 20 heavy (non-hydrogen) atoms. The van der Waals surface area contributed by atoms with E-state index in [9.17, 15) is 4.39 Å². The van der Waals surface area contributed by atoms with Crippen LogP contribution in [-0.4, -0.2) is 9.97 Å². The summed E-state index contributed by atoms with van der Waals surface area (Å²) in [5.41, 5.74) is 1.09. The minimum absolute atomic E-state index is 0.0204. The number of para-hydroxylation sites is 1. The van der Waals surface area contributed by atoms with Crippen LogP contribution in [0.4, 0.5) is 4.39 Å².